The Labute approximate surface area is 115 Å². The van der Waals surface area contributed by atoms with Gasteiger partial charge in [0.1, 0.15) is 12.2 Å². The highest BCUT2D eigenvalue weighted by Crippen LogP contribution is 2.08. The Kier molecular flexibility index (Phi) is 7.62. The molecule has 0 saturated carbocycles. The van der Waals surface area contributed by atoms with E-state index >= 15 is 0 Å². The second-order valence-corrected chi connectivity index (χ2v) is 4.80. The lowest BCUT2D eigenvalue weighted by Gasteiger charge is -2.17. The maximum absolute atomic E-state index is 5.50. The Morgan fingerprint density at radius 3 is 2.74 bits per heavy atom. The Bertz CT molecular complexity index is 341. The molecule has 0 radical (unpaired) electrons. The minimum atomic E-state index is 0.341. The van der Waals surface area contributed by atoms with Gasteiger partial charge in [-0.2, -0.15) is 5.10 Å². The van der Waals surface area contributed by atoms with E-state index in [-0.39, 0.29) is 0 Å². The van der Waals surface area contributed by atoms with E-state index in [4.69, 9.17) is 9.47 Å². The molecule has 0 fully saturated rings. The van der Waals surface area contributed by atoms with Crippen LogP contribution in [0, 0.1) is 0 Å². The number of likely N-dealkylation sites (N-methyl/N-ethyl adjacent to an activating group) is 1. The summed E-state index contributed by atoms with van der Waals surface area (Å²) in [6.07, 6.45) is 3.44. The fourth-order valence-corrected chi connectivity index (χ4v) is 1.89. The van der Waals surface area contributed by atoms with Crippen LogP contribution in [0.4, 0.5) is 0 Å². The van der Waals surface area contributed by atoms with Crippen molar-refractivity contribution in [2.45, 2.75) is 38.8 Å². The molecule has 0 bridgehead atoms. The number of nitrogens with one attached hydrogen (secondary N) is 1. The minimum absolute atomic E-state index is 0.341. The van der Waals surface area contributed by atoms with E-state index in [0.29, 0.717) is 25.3 Å². The van der Waals surface area contributed by atoms with Crippen LogP contribution in [0.3, 0.4) is 0 Å². The van der Waals surface area contributed by atoms with Gasteiger partial charge < -0.3 is 14.8 Å². The zero-order chi connectivity index (χ0) is 14.1. The van der Waals surface area contributed by atoms with Gasteiger partial charge in [-0.15, -0.1) is 0 Å². The molecule has 1 aromatic rings. The summed E-state index contributed by atoms with van der Waals surface area (Å²) >= 11 is 0. The van der Waals surface area contributed by atoms with E-state index in [1.54, 1.807) is 13.4 Å². The van der Waals surface area contributed by atoms with Crippen molar-refractivity contribution < 1.29 is 9.47 Å². The Hall–Kier alpha value is -0.980. The highest BCUT2D eigenvalue weighted by molar-refractivity contribution is 4.91. The summed E-state index contributed by atoms with van der Waals surface area (Å²) in [7, 11) is 3.65. The first-order valence-electron chi connectivity index (χ1n) is 6.81. The molecule has 0 saturated heterocycles. The standard InChI is InChI=1S/C13H26N4O2/c1-11(2)17-13(15-10-16-17)9-12(14-3)5-6-19-8-7-18-4/h10-12,14H,5-9H2,1-4H3. The minimum Gasteiger partial charge on any atom is -0.382 e. The molecule has 1 heterocycles. The second-order valence-electron chi connectivity index (χ2n) is 4.80. The van der Waals surface area contributed by atoms with Crippen LogP contribution < -0.4 is 5.32 Å². The van der Waals surface area contributed by atoms with Gasteiger partial charge in [0, 0.05) is 32.2 Å². The summed E-state index contributed by atoms with van der Waals surface area (Å²) in [5.74, 6) is 1.02. The van der Waals surface area contributed by atoms with Gasteiger partial charge >= 0.3 is 0 Å². The quantitative estimate of drug-likeness (QED) is 0.644. The van der Waals surface area contributed by atoms with Crippen molar-refractivity contribution in [1.82, 2.24) is 20.1 Å². The number of aromatic nitrogens is 3. The maximum atomic E-state index is 5.50. The van der Waals surface area contributed by atoms with Gasteiger partial charge in [-0.05, 0) is 27.3 Å². The molecule has 0 spiro atoms. The second kappa shape index (κ2) is 9.01. The molecule has 1 atom stereocenters. The molecule has 1 aromatic heterocycles. The van der Waals surface area contributed by atoms with Crippen molar-refractivity contribution in [3.05, 3.63) is 12.2 Å². The van der Waals surface area contributed by atoms with Gasteiger partial charge in [-0.25, -0.2) is 9.67 Å². The van der Waals surface area contributed by atoms with Crippen LogP contribution in [0.25, 0.3) is 0 Å². The molecular formula is C13H26N4O2. The summed E-state index contributed by atoms with van der Waals surface area (Å²) in [6.45, 7) is 6.24. The van der Waals surface area contributed by atoms with E-state index in [1.807, 2.05) is 11.7 Å². The van der Waals surface area contributed by atoms with Crippen molar-refractivity contribution in [3.63, 3.8) is 0 Å². The van der Waals surface area contributed by atoms with E-state index in [9.17, 15) is 0 Å². The summed E-state index contributed by atoms with van der Waals surface area (Å²) in [4.78, 5) is 4.33. The van der Waals surface area contributed by atoms with Crippen LogP contribution in [0.15, 0.2) is 6.33 Å². The molecule has 1 N–H and O–H groups in total. The fourth-order valence-electron chi connectivity index (χ4n) is 1.89. The van der Waals surface area contributed by atoms with E-state index in [1.165, 1.54) is 0 Å². The summed E-state index contributed by atoms with van der Waals surface area (Å²) in [5, 5.41) is 7.56. The summed E-state index contributed by atoms with van der Waals surface area (Å²) in [6, 6.07) is 0.692. The lowest BCUT2D eigenvalue weighted by atomic mass is 10.1. The van der Waals surface area contributed by atoms with Gasteiger partial charge in [0.05, 0.1) is 13.2 Å². The largest absolute Gasteiger partial charge is 0.382 e. The summed E-state index contributed by atoms with van der Waals surface area (Å²) < 4.78 is 12.4. The van der Waals surface area contributed by atoms with E-state index in [2.05, 4.69) is 29.2 Å². The third kappa shape index (κ3) is 5.67. The Morgan fingerprint density at radius 1 is 1.32 bits per heavy atom. The third-order valence-electron chi connectivity index (χ3n) is 3.02. The van der Waals surface area contributed by atoms with Crippen molar-refractivity contribution in [1.29, 1.82) is 0 Å². The molecule has 1 rings (SSSR count). The number of rotatable bonds is 10. The van der Waals surface area contributed by atoms with Gasteiger partial charge in [-0.1, -0.05) is 0 Å². The van der Waals surface area contributed by atoms with E-state index in [0.717, 1.165) is 25.3 Å². The van der Waals surface area contributed by atoms with Crippen LogP contribution in [0.5, 0.6) is 0 Å². The molecular weight excluding hydrogens is 244 g/mol. The topological polar surface area (TPSA) is 61.2 Å². The maximum Gasteiger partial charge on any atom is 0.138 e. The number of hydrogen-bond donors (Lipinski definition) is 1. The van der Waals surface area contributed by atoms with Crippen LogP contribution in [0.2, 0.25) is 0 Å². The van der Waals surface area contributed by atoms with Crippen molar-refractivity contribution in [2.24, 2.45) is 0 Å². The predicted molar refractivity (Wildman–Crippen MR) is 74.3 cm³/mol. The van der Waals surface area contributed by atoms with Gasteiger partial charge in [0.25, 0.3) is 0 Å². The fraction of sp³-hybridized carbons (Fsp3) is 0.846. The monoisotopic (exact) mass is 270 g/mol. The predicted octanol–water partition coefficient (Wildman–Crippen LogP) is 1.04. The molecule has 19 heavy (non-hydrogen) atoms. The number of nitrogens with zero attached hydrogens (tertiary/aromatic N) is 3. The molecule has 0 aliphatic rings. The highest BCUT2D eigenvalue weighted by Gasteiger charge is 2.13. The number of hydrogen-bond acceptors (Lipinski definition) is 5. The average Bonchev–Trinajstić information content (AvgIpc) is 2.85. The number of methoxy groups -OCH3 is 1. The molecule has 0 aliphatic carbocycles. The zero-order valence-corrected chi connectivity index (χ0v) is 12.4. The lowest BCUT2D eigenvalue weighted by Crippen LogP contribution is -2.30. The normalized spacial score (nSPS) is 13.1. The van der Waals surface area contributed by atoms with Crippen molar-refractivity contribution >= 4 is 0 Å². The third-order valence-corrected chi connectivity index (χ3v) is 3.02. The van der Waals surface area contributed by atoms with Crippen LogP contribution in [0.1, 0.15) is 32.1 Å². The summed E-state index contributed by atoms with van der Waals surface area (Å²) in [5.41, 5.74) is 0. The first-order chi connectivity index (χ1) is 9.19. The zero-order valence-electron chi connectivity index (χ0n) is 12.4. The molecule has 6 heteroatoms. The van der Waals surface area contributed by atoms with Crippen LogP contribution in [-0.4, -0.2) is 54.8 Å². The molecule has 0 amide bonds. The van der Waals surface area contributed by atoms with Crippen LogP contribution in [-0.2, 0) is 15.9 Å². The smallest absolute Gasteiger partial charge is 0.138 e. The van der Waals surface area contributed by atoms with Crippen molar-refractivity contribution in [2.75, 3.05) is 34.0 Å². The Balaban J connectivity index is 2.37. The highest BCUT2D eigenvalue weighted by atomic mass is 16.5. The Morgan fingerprint density at radius 2 is 2.11 bits per heavy atom. The first-order valence-corrected chi connectivity index (χ1v) is 6.81. The van der Waals surface area contributed by atoms with Crippen LogP contribution >= 0.6 is 0 Å². The lowest BCUT2D eigenvalue weighted by molar-refractivity contribution is 0.0660. The SMILES string of the molecule is CNC(CCOCCOC)Cc1ncnn1C(C)C. The van der Waals surface area contributed by atoms with Crippen molar-refractivity contribution in [3.8, 4) is 0 Å². The van der Waals surface area contributed by atoms with Gasteiger partial charge in [0.2, 0.25) is 0 Å². The molecule has 0 aromatic carbocycles. The van der Waals surface area contributed by atoms with Gasteiger partial charge in [0.15, 0.2) is 0 Å². The van der Waals surface area contributed by atoms with Gasteiger partial charge in [-0.3, -0.25) is 0 Å². The van der Waals surface area contributed by atoms with E-state index < -0.39 is 0 Å². The molecule has 0 aliphatic heterocycles. The molecule has 1 unspecified atom stereocenters. The average molecular weight is 270 g/mol. The number of ether oxygens (including phenoxy) is 2. The molecule has 110 valence electrons. The molecule has 6 nitrogen and oxygen atoms in total. The first kappa shape index (κ1) is 16.1.